The molecule has 1 aromatic rings. The first-order valence-electron chi connectivity index (χ1n) is 8.62. The molecule has 0 aliphatic carbocycles. The molecule has 1 N–H and O–H groups in total. The summed E-state index contributed by atoms with van der Waals surface area (Å²) < 4.78 is 28.5. The number of nitrogens with one attached hydrogen (secondary N) is 1. The average Bonchev–Trinajstić information content (AvgIpc) is 3.13. The SMILES string of the molecule is COc1ccc(/C=C2\SC(=S)N([C@H](C)C(=O)N[C@@H]3CCS(=O)(=O)C3)C2=O)cc1. The topological polar surface area (TPSA) is 92.8 Å². The van der Waals surface area contributed by atoms with Crippen LogP contribution in [0.25, 0.3) is 6.08 Å². The highest BCUT2D eigenvalue weighted by Crippen LogP contribution is 2.34. The summed E-state index contributed by atoms with van der Waals surface area (Å²) in [5, 5.41) is 2.72. The van der Waals surface area contributed by atoms with Crippen molar-refractivity contribution in [1.82, 2.24) is 10.2 Å². The van der Waals surface area contributed by atoms with Crippen LogP contribution >= 0.6 is 24.0 Å². The van der Waals surface area contributed by atoms with E-state index in [4.69, 9.17) is 17.0 Å². The van der Waals surface area contributed by atoms with E-state index in [-0.39, 0.29) is 17.4 Å². The summed E-state index contributed by atoms with van der Waals surface area (Å²) in [5.74, 6) is -0.0420. The van der Waals surface area contributed by atoms with Gasteiger partial charge in [-0.15, -0.1) is 0 Å². The monoisotopic (exact) mass is 440 g/mol. The molecule has 2 fully saturated rings. The Morgan fingerprint density at radius 1 is 1.39 bits per heavy atom. The number of sulfone groups is 1. The van der Waals surface area contributed by atoms with E-state index in [9.17, 15) is 18.0 Å². The Bertz CT molecular complexity index is 940. The fraction of sp³-hybridized carbons (Fsp3) is 0.389. The highest BCUT2D eigenvalue weighted by molar-refractivity contribution is 8.26. The summed E-state index contributed by atoms with van der Waals surface area (Å²) >= 11 is 6.43. The largest absolute Gasteiger partial charge is 0.497 e. The lowest BCUT2D eigenvalue weighted by Gasteiger charge is -2.23. The van der Waals surface area contributed by atoms with E-state index in [0.29, 0.717) is 21.4 Å². The third-order valence-corrected chi connectivity index (χ3v) is 7.68. The summed E-state index contributed by atoms with van der Waals surface area (Å²) in [6.07, 6.45) is 2.10. The molecular weight excluding hydrogens is 420 g/mol. The lowest BCUT2D eigenvalue weighted by molar-refractivity contribution is -0.132. The maximum absolute atomic E-state index is 12.8. The summed E-state index contributed by atoms with van der Waals surface area (Å²) in [6.45, 7) is 1.58. The van der Waals surface area contributed by atoms with Crippen LogP contribution in [0.4, 0.5) is 0 Å². The third-order valence-electron chi connectivity index (χ3n) is 4.58. The van der Waals surface area contributed by atoms with Crippen LogP contribution < -0.4 is 10.1 Å². The van der Waals surface area contributed by atoms with Gasteiger partial charge in [0.05, 0.1) is 23.5 Å². The lowest BCUT2D eigenvalue weighted by atomic mass is 10.2. The molecule has 3 rings (SSSR count). The third kappa shape index (κ3) is 4.56. The molecule has 2 aliphatic heterocycles. The van der Waals surface area contributed by atoms with Gasteiger partial charge in [0.2, 0.25) is 5.91 Å². The van der Waals surface area contributed by atoms with Crippen LogP contribution in [0.3, 0.4) is 0 Å². The first kappa shape index (κ1) is 20.8. The van der Waals surface area contributed by atoms with E-state index in [0.717, 1.165) is 17.3 Å². The zero-order valence-electron chi connectivity index (χ0n) is 15.4. The maximum Gasteiger partial charge on any atom is 0.266 e. The van der Waals surface area contributed by atoms with E-state index in [1.807, 2.05) is 12.1 Å². The Morgan fingerprint density at radius 2 is 2.07 bits per heavy atom. The number of nitrogens with zero attached hydrogens (tertiary/aromatic N) is 1. The lowest BCUT2D eigenvalue weighted by Crippen LogP contribution is -2.50. The predicted octanol–water partition coefficient (Wildman–Crippen LogP) is 1.59. The number of methoxy groups -OCH3 is 1. The van der Waals surface area contributed by atoms with Crippen molar-refractivity contribution in [1.29, 1.82) is 0 Å². The first-order valence-corrected chi connectivity index (χ1v) is 11.7. The quantitative estimate of drug-likeness (QED) is 0.549. The second-order valence-electron chi connectivity index (χ2n) is 6.61. The Morgan fingerprint density at radius 3 is 2.64 bits per heavy atom. The number of rotatable bonds is 5. The molecule has 2 atom stereocenters. The van der Waals surface area contributed by atoms with Crippen molar-refractivity contribution >= 4 is 56.0 Å². The van der Waals surface area contributed by atoms with Gasteiger partial charge < -0.3 is 10.1 Å². The fourth-order valence-corrected chi connectivity index (χ4v) is 6.10. The first-order chi connectivity index (χ1) is 13.2. The molecule has 0 aromatic heterocycles. The number of ether oxygens (including phenoxy) is 1. The molecule has 0 saturated carbocycles. The number of hydrogen-bond acceptors (Lipinski definition) is 7. The predicted molar refractivity (Wildman–Crippen MR) is 113 cm³/mol. The smallest absolute Gasteiger partial charge is 0.266 e. The van der Waals surface area contributed by atoms with Gasteiger partial charge in [-0.05, 0) is 37.1 Å². The highest BCUT2D eigenvalue weighted by Gasteiger charge is 2.39. The number of thioether (sulfide) groups is 1. The zero-order chi connectivity index (χ0) is 20.5. The normalized spacial score (nSPS) is 23.9. The van der Waals surface area contributed by atoms with Crippen molar-refractivity contribution in [2.24, 2.45) is 0 Å². The molecule has 2 amide bonds. The van der Waals surface area contributed by atoms with Gasteiger partial charge in [0.1, 0.15) is 16.1 Å². The van der Waals surface area contributed by atoms with Crippen molar-refractivity contribution in [3.8, 4) is 5.75 Å². The Balaban J connectivity index is 1.69. The highest BCUT2D eigenvalue weighted by atomic mass is 32.2. The minimum absolute atomic E-state index is 0.0674. The molecule has 10 heteroatoms. The van der Waals surface area contributed by atoms with Crippen LogP contribution in [0.1, 0.15) is 18.9 Å². The molecule has 7 nitrogen and oxygen atoms in total. The van der Waals surface area contributed by atoms with E-state index in [2.05, 4.69) is 5.32 Å². The van der Waals surface area contributed by atoms with Gasteiger partial charge in [0.25, 0.3) is 5.91 Å². The van der Waals surface area contributed by atoms with Gasteiger partial charge >= 0.3 is 0 Å². The Kier molecular flexibility index (Phi) is 6.11. The minimum Gasteiger partial charge on any atom is -0.497 e. The Hall–Kier alpha value is -1.91. The van der Waals surface area contributed by atoms with Crippen molar-refractivity contribution in [2.75, 3.05) is 18.6 Å². The molecular formula is C18H20N2O5S3. The number of hydrogen-bond donors (Lipinski definition) is 1. The average molecular weight is 441 g/mol. The van der Waals surface area contributed by atoms with Gasteiger partial charge in [-0.3, -0.25) is 14.5 Å². The van der Waals surface area contributed by atoms with Crippen LogP contribution in [0.15, 0.2) is 29.2 Å². The minimum atomic E-state index is -3.10. The fourth-order valence-electron chi connectivity index (χ4n) is 3.01. The number of thiocarbonyl (C=S) groups is 1. The van der Waals surface area contributed by atoms with Gasteiger partial charge in [-0.25, -0.2) is 8.42 Å². The summed E-state index contributed by atoms with van der Waals surface area (Å²) in [5.41, 5.74) is 0.814. The number of benzene rings is 1. The Labute approximate surface area is 173 Å². The van der Waals surface area contributed by atoms with Crippen molar-refractivity contribution in [2.45, 2.75) is 25.4 Å². The van der Waals surface area contributed by atoms with Crippen molar-refractivity contribution < 1.29 is 22.7 Å². The summed E-state index contributed by atoms with van der Waals surface area (Å²) in [7, 11) is -1.52. The van der Waals surface area contributed by atoms with Gasteiger partial charge in [0, 0.05) is 6.04 Å². The molecule has 0 unspecified atom stereocenters. The second-order valence-corrected chi connectivity index (χ2v) is 10.5. The van der Waals surface area contributed by atoms with Crippen molar-refractivity contribution in [3.05, 3.63) is 34.7 Å². The van der Waals surface area contributed by atoms with Crippen molar-refractivity contribution in [3.63, 3.8) is 0 Å². The van der Waals surface area contributed by atoms with Crippen LogP contribution in [-0.4, -0.2) is 60.2 Å². The van der Waals surface area contributed by atoms with Gasteiger partial charge in [-0.2, -0.15) is 0 Å². The molecule has 2 heterocycles. The molecule has 0 spiro atoms. The molecule has 0 radical (unpaired) electrons. The summed E-state index contributed by atoms with van der Waals surface area (Å²) in [6, 6.07) is 5.98. The van der Waals surface area contributed by atoms with Gasteiger partial charge in [0.15, 0.2) is 9.84 Å². The second kappa shape index (κ2) is 8.22. The summed E-state index contributed by atoms with van der Waals surface area (Å²) in [4.78, 5) is 27.0. The van der Waals surface area contributed by atoms with E-state index >= 15 is 0 Å². The zero-order valence-corrected chi connectivity index (χ0v) is 17.8. The van der Waals surface area contributed by atoms with Gasteiger partial charge in [-0.1, -0.05) is 36.1 Å². The van der Waals surface area contributed by atoms with E-state index in [1.54, 1.807) is 32.2 Å². The number of carbonyl (C=O) groups is 2. The van der Waals surface area contributed by atoms with E-state index in [1.165, 1.54) is 4.90 Å². The standard InChI is InChI=1S/C18H20N2O5S3/c1-11(16(21)19-13-7-8-28(23,24)10-13)20-17(22)15(27-18(20)26)9-12-3-5-14(25-2)6-4-12/h3-6,9,11,13H,7-8,10H2,1-2H3,(H,19,21)/b15-9-/t11-,13-/m1/s1. The van der Waals surface area contributed by atoms with Crippen LogP contribution in [0, 0.1) is 0 Å². The number of amides is 2. The molecule has 2 aliphatic rings. The molecule has 0 bridgehead atoms. The number of carbonyl (C=O) groups excluding carboxylic acids is 2. The maximum atomic E-state index is 12.8. The van der Waals surface area contributed by atoms with Crippen LogP contribution in [-0.2, 0) is 19.4 Å². The van der Waals surface area contributed by atoms with Crippen LogP contribution in [0.5, 0.6) is 5.75 Å². The van der Waals surface area contributed by atoms with Crippen LogP contribution in [0.2, 0.25) is 0 Å². The molecule has 1 aromatic carbocycles. The molecule has 28 heavy (non-hydrogen) atoms. The van der Waals surface area contributed by atoms with E-state index < -0.39 is 27.8 Å². The molecule has 150 valence electrons. The molecule has 2 saturated heterocycles.